The predicted molar refractivity (Wildman–Crippen MR) is 99.0 cm³/mol. The van der Waals surface area contributed by atoms with Gasteiger partial charge in [-0.3, -0.25) is 4.79 Å². The third kappa shape index (κ3) is 5.62. The first kappa shape index (κ1) is 20.0. The Morgan fingerprint density at radius 1 is 1.27 bits per heavy atom. The van der Waals surface area contributed by atoms with Gasteiger partial charge in [0, 0.05) is 17.8 Å². The van der Waals surface area contributed by atoms with Gasteiger partial charge in [-0.1, -0.05) is 19.9 Å². The largest absolute Gasteiger partial charge is 0.497 e. The van der Waals surface area contributed by atoms with E-state index in [0.29, 0.717) is 17.9 Å². The molecule has 0 aromatic heterocycles. The highest BCUT2D eigenvalue weighted by atomic mass is 32.2. The predicted octanol–water partition coefficient (Wildman–Crippen LogP) is 1.14. The molecule has 0 saturated carbocycles. The van der Waals surface area contributed by atoms with E-state index in [1.165, 1.54) is 7.11 Å². The fourth-order valence-electron chi connectivity index (χ4n) is 2.73. The molecule has 26 heavy (non-hydrogen) atoms. The summed E-state index contributed by atoms with van der Waals surface area (Å²) in [6.07, 6.45) is 0.387. The van der Waals surface area contributed by atoms with Crippen LogP contribution in [-0.4, -0.2) is 51.1 Å². The SMILES string of the molecule is COc1cccc(NC(=O)C(NC(=O)NC2CCS(=O)(=O)C2)C(C)C)c1. The van der Waals surface area contributed by atoms with Crippen molar-refractivity contribution < 1.29 is 22.7 Å². The van der Waals surface area contributed by atoms with Gasteiger partial charge in [-0.05, 0) is 24.5 Å². The van der Waals surface area contributed by atoms with E-state index in [-0.39, 0.29) is 23.3 Å². The van der Waals surface area contributed by atoms with Crippen molar-refractivity contribution in [2.75, 3.05) is 23.9 Å². The Bertz CT molecular complexity index is 763. The van der Waals surface area contributed by atoms with Gasteiger partial charge in [-0.2, -0.15) is 0 Å². The number of urea groups is 1. The van der Waals surface area contributed by atoms with Crippen molar-refractivity contribution in [1.29, 1.82) is 0 Å². The van der Waals surface area contributed by atoms with Crippen molar-refractivity contribution in [1.82, 2.24) is 10.6 Å². The number of benzene rings is 1. The van der Waals surface area contributed by atoms with Crippen molar-refractivity contribution in [3.05, 3.63) is 24.3 Å². The van der Waals surface area contributed by atoms with E-state index in [2.05, 4.69) is 16.0 Å². The smallest absolute Gasteiger partial charge is 0.315 e. The number of nitrogens with one attached hydrogen (secondary N) is 3. The van der Waals surface area contributed by atoms with Gasteiger partial charge in [0.05, 0.1) is 18.6 Å². The number of carbonyl (C=O) groups is 2. The molecule has 2 unspecified atom stereocenters. The highest BCUT2D eigenvalue weighted by molar-refractivity contribution is 7.91. The standard InChI is InChI=1S/C17H25N3O5S/c1-11(2)15(16(21)18-12-5-4-6-14(9-12)25-3)20-17(22)19-13-7-8-26(23,24)10-13/h4-6,9,11,13,15H,7-8,10H2,1-3H3,(H,18,21)(H2,19,20,22). The van der Waals surface area contributed by atoms with Crippen molar-refractivity contribution in [3.63, 3.8) is 0 Å². The maximum atomic E-state index is 12.5. The van der Waals surface area contributed by atoms with Crippen LogP contribution in [0.2, 0.25) is 0 Å². The maximum absolute atomic E-state index is 12.5. The van der Waals surface area contributed by atoms with Gasteiger partial charge in [0.2, 0.25) is 5.91 Å². The molecule has 0 aliphatic carbocycles. The Morgan fingerprint density at radius 2 is 2.00 bits per heavy atom. The van der Waals surface area contributed by atoms with Gasteiger partial charge in [-0.25, -0.2) is 13.2 Å². The number of sulfone groups is 1. The molecule has 2 atom stereocenters. The molecule has 1 aromatic carbocycles. The van der Waals surface area contributed by atoms with E-state index in [9.17, 15) is 18.0 Å². The van der Waals surface area contributed by atoms with E-state index in [1.807, 2.05) is 13.8 Å². The molecule has 2 rings (SSSR count). The Morgan fingerprint density at radius 3 is 2.58 bits per heavy atom. The summed E-state index contributed by atoms with van der Waals surface area (Å²) < 4.78 is 28.1. The average Bonchev–Trinajstić information content (AvgIpc) is 2.90. The highest BCUT2D eigenvalue weighted by Gasteiger charge is 2.30. The van der Waals surface area contributed by atoms with Crippen LogP contribution in [0.4, 0.5) is 10.5 Å². The Labute approximate surface area is 153 Å². The molecule has 1 aromatic rings. The summed E-state index contributed by atoms with van der Waals surface area (Å²) in [7, 11) is -1.55. The Hall–Kier alpha value is -2.29. The third-order valence-electron chi connectivity index (χ3n) is 4.14. The van der Waals surface area contributed by atoms with E-state index in [4.69, 9.17) is 4.74 Å². The zero-order valence-corrected chi connectivity index (χ0v) is 15.9. The molecule has 0 bridgehead atoms. The van der Waals surface area contributed by atoms with Crippen LogP contribution in [0.15, 0.2) is 24.3 Å². The van der Waals surface area contributed by atoms with E-state index >= 15 is 0 Å². The van der Waals surface area contributed by atoms with E-state index in [1.54, 1.807) is 24.3 Å². The lowest BCUT2D eigenvalue weighted by molar-refractivity contribution is -0.118. The number of anilines is 1. The quantitative estimate of drug-likeness (QED) is 0.682. The molecule has 1 heterocycles. The summed E-state index contributed by atoms with van der Waals surface area (Å²) >= 11 is 0. The fraction of sp³-hybridized carbons (Fsp3) is 0.529. The number of methoxy groups -OCH3 is 1. The molecule has 0 radical (unpaired) electrons. The van der Waals surface area contributed by atoms with Crippen LogP contribution in [0.5, 0.6) is 5.75 Å². The molecule has 1 aliphatic heterocycles. The highest BCUT2D eigenvalue weighted by Crippen LogP contribution is 2.17. The van der Waals surface area contributed by atoms with Gasteiger partial charge in [0.25, 0.3) is 0 Å². The molecule has 1 fully saturated rings. The lowest BCUT2D eigenvalue weighted by Crippen LogP contribution is -2.52. The monoisotopic (exact) mass is 383 g/mol. The van der Waals surface area contributed by atoms with Crippen LogP contribution >= 0.6 is 0 Å². The number of ether oxygens (including phenoxy) is 1. The molecule has 3 N–H and O–H groups in total. The Kier molecular flexibility index (Phi) is 6.47. The van der Waals surface area contributed by atoms with Crippen molar-refractivity contribution in [2.45, 2.75) is 32.4 Å². The second-order valence-electron chi connectivity index (χ2n) is 6.66. The van der Waals surface area contributed by atoms with E-state index < -0.39 is 28.0 Å². The lowest BCUT2D eigenvalue weighted by atomic mass is 10.0. The molecule has 3 amide bonds. The minimum absolute atomic E-state index is 0.0667. The molecule has 144 valence electrons. The molecule has 0 spiro atoms. The van der Waals surface area contributed by atoms with E-state index in [0.717, 1.165) is 0 Å². The van der Waals surface area contributed by atoms with Crippen LogP contribution in [0, 0.1) is 5.92 Å². The first-order valence-corrected chi connectivity index (χ1v) is 10.2. The number of amides is 3. The second-order valence-corrected chi connectivity index (χ2v) is 8.89. The van der Waals surface area contributed by atoms with Crippen LogP contribution < -0.4 is 20.7 Å². The second kappa shape index (κ2) is 8.39. The molecular formula is C17H25N3O5S. The molecule has 1 saturated heterocycles. The summed E-state index contributed by atoms with van der Waals surface area (Å²) in [5.41, 5.74) is 0.559. The number of carbonyl (C=O) groups excluding carboxylic acids is 2. The average molecular weight is 383 g/mol. The molecule has 1 aliphatic rings. The van der Waals surface area contributed by atoms with Crippen molar-refractivity contribution in [3.8, 4) is 5.75 Å². The van der Waals surface area contributed by atoms with Crippen LogP contribution in [0.25, 0.3) is 0 Å². The summed E-state index contributed by atoms with van der Waals surface area (Å²) in [6, 6.07) is 5.18. The molecule has 8 nitrogen and oxygen atoms in total. The van der Waals surface area contributed by atoms with Crippen LogP contribution in [0.1, 0.15) is 20.3 Å². The Balaban J connectivity index is 1.96. The summed E-state index contributed by atoms with van der Waals surface area (Å²) in [6.45, 7) is 3.63. The number of hydrogen-bond acceptors (Lipinski definition) is 5. The number of rotatable bonds is 6. The fourth-order valence-corrected chi connectivity index (χ4v) is 4.41. The van der Waals surface area contributed by atoms with Gasteiger partial charge in [-0.15, -0.1) is 0 Å². The third-order valence-corrected chi connectivity index (χ3v) is 5.91. The van der Waals surface area contributed by atoms with Crippen LogP contribution in [0.3, 0.4) is 0 Å². The summed E-state index contributed by atoms with van der Waals surface area (Å²) in [4.78, 5) is 24.7. The summed E-state index contributed by atoms with van der Waals surface area (Å²) in [5.74, 6) is 0.100. The van der Waals surface area contributed by atoms with Gasteiger partial charge in [0.15, 0.2) is 9.84 Å². The lowest BCUT2D eigenvalue weighted by Gasteiger charge is -2.23. The number of hydrogen-bond donors (Lipinski definition) is 3. The zero-order valence-electron chi connectivity index (χ0n) is 15.1. The minimum Gasteiger partial charge on any atom is -0.497 e. The topological polar surface area (TPSA) is 114 Å². The normalized spacial score (nSPS) is 19.6. The maximum Gasteiger partial charge on any atom is 0.315 e. The molecular weight excluding hydrogens is 358 g/mol. The minimum atomic E-state index is -3.08. The van der Waals surface area contributed by atoms with Crippen LogP contribution in [-0.2, 0) is 14.6 Å². The molecule has 9 heteroatoms. The van der Waals surface area contributed by atoms with Gasteiger partial charge < -0.3 is 20.7 Å². The van der Waals surface area contributed by atoms with Gasteiger partial charge >= 0.3 is 6.03 Å². The first-order chi connectivity index (χ1) is 12.2. The summed E-state index contributed by atoms with van der Waals surface area (Å²) in [5, 5.41) is 8.01. The van der Waals surface area contributed by atoms with Crippen molar-refractivity contribution >= 4 is 27.5 Å². The van der Waals surface area contributed by atoms with Crippen molar-refractivity contribution in [2.24, 2.45) is 5.92 Å². The zero-order chi connectivity index (χ0) is 19.3. The van der Waals surface area contributed by atoms with Gasteiger partial charge in [0.1, 0.15) is 11.8 Å². The first-order valence-electron chi connectivity index (χ1n) is 8.42.